The van der Waals surface area contributed by atoms with E-state index in [1.807, 2.05) is 0 Å². The van der Waals surface area contributed by atoms with Crippen LogP contribution < -0.4 is 10.9 Å². The third kappa shape index (κ3) is 2.62. The molecule has 7 heteroatoms. The largest absolute Gasteiger partial charge is 0.391 e. The first kappa shape index (κ1) is 14.4. The van der Waals surface area contributed by atoms with E-state index >= 15 is 0 Å². The molecule has 0 saturated heterocycles. The average molecular weight is 303 g/mol. The Morgan fingerprint density at radius 2 is 2.18 bits per heavy atom. The molecule has 2 aromatic rings. The lowest BCUT2D eigenvalue weighted by atomic mass is 9.89. The van der Waals surface area contributed by atoms with Gasteiger partial charge in [0.1, 0.15) is 11.4 Å². The van der Waals surface area contributed by atoms with E-state index < -0.39 is 23.4 Å². The van der Waals surface area contributed by atoms with Crippen LogP contribution in [0.15, 0.2) is 41.3 Å². The molecule has 1 amide bonds. The molecule has 1 saturated carbocycles. The van der Waals surface area contributed by atoms with E-state index in [0.29, 0.717) is 12.8 Å². The summed E-state index contributed by atoms with van der Waals surface area (Å²) in [5, 5.41) is 16.0. The number of aromatic nitrogens is 2. The minimum atomic E-state index is -0.639. The summed E-state index contributed by atoms with van der Waals surface area (Å²) in [5.74, 6) is -1.07. The van der Waals surface area contributed by atoms with E-state index in [-0.39, 0.29) is 17.3 Å². The van der Waals surface area contributed by atoms with E-state index in [2.05, 4.69) is 10.4 Å². The maximum atomic E-state index is 13.3. The standard InChI is InChI=1S/C15H14FN3O3/c16-9-2-1-3-10(8-9)19-15(22)11(6-7-17-19)14(21)18-12-4-5-13(12)20/h1-3,6-8,12-13,20H,4-5H2,(H,18,21)/t12-,13+/m1/s1. The molecule has 2 atom stereocenters. The number of nitrogens with one attached hydrogen (secondary N) is 1. The molecule has 22 heavy (non-hydrogen) atoms. The quantitative estimate of drug-likeness (QED) is 0.871. The fraction of sp³-hybridized carbons (Fsp3) is 0.267. The predicted octanol–water partition coefficient (Wildman–Crippen LogP) is 0.625. The van der Waals surface area contributed by atoms with Gasteiger partial charge >= 0.3 is 0 Å². The van der Waals surface area contributed by atoms with Crippen molar-refractivity contribution < 1.29 is 14.3 Å². The molecule has 1 aromatic carbocycles. The van der Waals surface area contributed by atoms with E-state index in [9.17, 15) is 19.1 Å². The maximum absolute atomic E-state index is 13.3. The fourth-order valence-corrected chi connectivity index (χ4v) is 2.27. The molecular weight excluding hydrogens is 289 g/mol. The Morgan fingerprint density at radius 1 is 1.36 bits per heavy atom. The van der Waals surface area contributed by atoms with E-state index in [1.165, 1.54) is 30.5 Å². The topological polar surface area (TPSA) is 84.2 Å². The highest BCUT2D eigenvalue weighted by molar-refractivity contribution is 5.94. The van der Waals surface area contributed by atoms with Crippen LogP contribution in [-0.4, -0.2) is 32.9 Å². The number of rotatable bonds is 3. The molecule has 0 aliphatic heterocycles. The average Bonchev–Trinajstić information content (AvgIpc) is 2.51. The SMILES string of the molecule is O=C(N[C@@H]1CC[C@@H]1O)c1ccnn(-c2cccc(F)c2)c1=O. The summed E-state index contributed by atoms with van der Waals surface area (Å²) >= 11 is 0. The van der Waals surface area contributed by atoms with Crippen LogP contribution in [0.1, 0.15) is 23.2 Å². The van der Waals surface area contributed by atoms with Crippen molar-refractivity contribution in [2.24, 2.45) is 0 Å². The number of hydrogen-bond acceptors (Lipinski definition) is 4. The zero-order valence-corrected chi connectivity index (χ0v) is 11.6. The molecule has 1 aliphatic rings. The first-order valence-electron chi connectivity index (χ1n) is 6.89. The molecule has 114 valence electrons. The van der Waals surface area contributed by atoms with Crippen molar-refractivity contribution in [1.29, 1.82) is 0 Å². The molecule has 0 unspecified atom stereocenters. The zero-order valence-electron chi connectivity index (χ0n) is 11.6. The van der Waals surface area contributed by atoms with Crippen LogP contribution in [0.2, 0.25) is 0 Å². The Kier molecular flexibility index (Phi) is 3.72. The third-order valence-corrected chi connectivity index (χ3v) is 3.70. The van der Waals surface area contributed by atoms with Gasteiger partial charge in [0.25, 0.3) is 11.5 Å². The van der Waals surface area contributed by atoms with Crippen LogP contribution in [0.4, 0.5) is 4.39 Å². The lowest BCUT2D eigenvalue weighted by molar-refractivity contribution is 0.0447. The van der Waals surface area contributed by atoms with Gasteiger partial charge in [-0.25, -0.2) is 4.39 Å². The smallest absolute Gasteiger partial charge is 0.284 e. The highest BCUT2D eigenvalue weighted by atomic mass is 19.1. The second-order valence-electron chi connectivity index (χ2n) is 5.17. The van der Waals surface area contributed by atoms with Gasteiger partial charge in [-0.3, -0.25) is 9.59 Å². The lowest BCUT2D eigenvalue weighted by Gasteiger charge is -2.32. The zero-order chi connectivity index (χ0) is 15.7. The number of hydrogen-bond donors (Lipinski definition) is 2. The van der Waals surface area contributed by atoms with E-state index in [4.69, 9.17) is 0 Å². The summed E-state index contributed by atoms with van der Waals surface area (Å²) in [7, 11) is 0. The third-order valence-electron chi connectivity index (χ3n) is 3.70. The molecule has 3 rings (SSSR count). The molecule has 1 aromatic heterocycles. The van der Waals surface area contributed by atoms with Gasteiger partial charge in [0.2, 0.25) is 0 Å². The van der Waals surface area contributed by atoms with E-state index in [1.54, 1.807) is 0 Å². The fourth-order valence-electron chi connectivity index (χ4n) is 2.27. The first-order valence-corrected chi connectivity index (χ1v) is 6.89. The molecular formula is C15H14FN3O3. The summed E-state index contributed by atoms with van der Waals surface area (Å²) in [6.45, 7) is 0. The van der Waals surface area contributed by atoms with Crippen molar-refractivity contribution in [2.75, 3.05) is 0 Å². The van der Waals surface area contributed by atoms with Crippen LogP contribution in [-0.2, 0) is 0 Å². The lowest BCUT2D eigenvalue weighted by Crippen LogP contribution is -2.51. The van der Waals surface area contributed by atoms with Crippen LogP contribution >= 0.6 is 0 Å². The molecule has 0 bridgehead atoms. The predicted molar refractivity (Wildman–Crippen MR) is 76.3 cm³/mol. The molecule has 1 fully saturated rings. The molecule has 2 N–H and O–H groups in total. The molecule has 1 aliphatic carbocycles. The molecule has 6 nitrogen and oxygen atoms in total. The van der Waals surface area contributed by atoms with Crippen molar-refractivity contribution in [2.45, 2.75) is 25.0 Å². The maximum Gasteiger partial charge on any atom is 0.284 e. The minimum absolute atomic E-state index is 0.0987. The normalized spacial score (nSPS) is 20.3. The van der Waals surface area contributed by atoms with Gasteiger partial charge in [0.05, 0.1) is 17.8 Å². The van der Waals surface area contributed by atoms with Gasteiger partial charge in [-0.2, -0.15) is 9.78 Å². The number of carbonyl (C=O) groups excluding carboxylic acids is 1. The number of aliphatic hydroxyl groups is 1. The summed E-state index contributed by atoms with van der Waals surface area (Å²) in [5.41, 5.74) is -0.499. The highest BCUT2D eigenvalue weighted by Gasteiger charge is 2.31. The Morgan fingerprint density at radius 3 is 2.82 bits per heavy atom. The van der Waals surface area contributed by atoms with Gasteiger partial charge in [-0.15, -0.1) is 0 Å². The molecule has 1 heterocycles. The number of halogens is 1. The van der Waals surface area contributed by atoms with Crippen molar-refractivity contribution in [3.05, 3.63) is 58.3 Å². The number of nitrogens with zero attached hydrogens (tertiary/aromatic N) is 2. The van der Waals surface area contributed by atoms with Gasteiger partial charge in [0.15, 0.2) is 0 Å². The number of carbonyl (C=O) groups is 1. The number of aliphatic hydroxyl groups excluding tert-OH is 1. The minimum Gasteiger partial charge on any atom is -0.391 e. The highest BCUT2D eigenvalue weighted by Crippen LogP contribution is 2.19. The van der Waals surface area contributed by atoms with Crippen molar-refractivity contribution in [3.8, 4) is 5.69 Å². The van der Waals surface area contributed by atoms with Crippen LogP contribution in [0.5, 0.6) is 0 Å². The summed E-state index contributed by atoms with van der Waals surface area (Å²) in [6.07, 6.45) is 2.04. The van der Waals surface area contributed by atoms with Crippen LogP contribution in [0.3, 0.4) is 0 Å². The Labute approximate surface area is 125 Å². The van der Waals surface area contributed by atoms with Gasteiger partial charge < -0.3 is 10.4 Å². The Balaban J connectivity index is 1.92. The van der Waals surface area contributed by atoms with E-state index in [0.717, 1.165) is 10.7 Å². The second-order valence-corrected chi connectivity index (χ2v) is 5.17. The summed E-state index contributed by atoms with van der Waals surface area (Å²) in [6, 6.07) is 6.36. The van der Waals surface area contributed by atoms with Crippen LogP contribution in [0, 0.1) is 5.82 Å². The van der Waals surface area contributed by atoms with Crippen molar-refractivity contribution in [3.63, 3.8) is 0 Å². The number of amides is 1. The molecule has 0 radical (unpaired) electrons. The molecule has 0 spiro atoms. The van der Waals surface area contributed by atoms with Gasteiger partial charge in [-0.05, 0) is 37.1 Å². The Bertz CT molecular complexity index is 775. The van der Waals surface area contributed by atoms with Gasteiger partial charge in [0, 0.05) is 6.20 Å². The monoisotopic (exact) mass is 303 g/mol. The van der Waals surface area contributed by atoms with Crippen molar-refractivity contribution >= 4 is 5.91 Å². The second kappa shape index (κ2) is 5.69. The first-order chi connectivity index (χ1) is 10.6. The number of benzene rings is 1. The Hall–Kier alpha value is -2.54. The van der Waals surface area contributed by atoms with Crippen molar-refractivity contribution in [1.82, 2.24) is 15.1 Å². The van der Waals surface area contributed by atoms with Gasteiger partial charge in [-0.1, -0.05) is 6.07 Å². The van der Waals surface area contributed by atoms with Crippen LogP contribution in [0.25, 0.3) is 5.69 Å². The summed E-state index contributed by atoms with van der Waals surface area (Å²) < 4.78 is 14.2. The summed E-state index contributed by atoms with van der Waals surface area (Å²) in [4.78, 5) is 24.5.